The molecule has 0 aliphatic rings. The summed E-state index contributed by atoms with van der Waals surface area (Å²) in [4.78, 5) is 15.9. The first-order valence-corrected chi connectivity index (χ1v) is 18.1. The number of hydrogen-bond acceptors (Lipinski definition) is 5. The highest BCUT2D eigenvalue weighted by molar-refractivity contribution is 7.26. The molecule has 0 unspecified atom stereocenters. The Morgan fingerprint density at radius 2 is 1.00 bits per heavy atom. The molecule has 264 valence electrons. The van der Waals surface area contributed by atoms with Crippen LogP contribution in [0.2, 0.25) is 0 Å². The maximum absolute atomic E-state index is 9.74. The van der Waals surface area contributed by atoms with Crippen LogP contribution in [0.5, 0.6) is 0 Å². The van der Waals surface area contributed by atoms with Crippen LogP contribution in [-0.2, 0) is 0 Å². The van der Waals surface area contributed by atoms with Crippen LogP contribution in [0.3, 0.4) is 0 Å². The zero-order valence-electron chi connectivity index (χ0n) is 46.0. The van der Waals surface area contributed by atoms with E-state index >= 15 is 0 Å². The third-order valence-electron chi connectivity index (χ3n) is 8.91. The number of hydrogen-bond donors (Lipinski definition) is 0. The third-order valence-corrected chi connectivity index (χ3v) is 10.0. The largest absolute Gasteiger partial charge is 0.310 e. The maximum Gasteiger partial charge on any atom is 0.164 e. The van der Waals surface area contributed by atoms with Crippen LogP contribution in [0.1, 0.15) is 23.3 Å². The lowest BCUT2D eigenvalue weighted by Gasteiger charge is -2.26. The Morgan fingerprint density at radius 1 is 0.411 bits per heavy atom. The summed E-state index contributed by atoms with van der Waals surface area (Å²) >= 11 is 1.37. The fourth-order valence-corrected chi connectivity index (χ4v) is 7.53. The summed E-state index contributed by atoms with van der Waals surface area (Å²) in [6.07, 6.45) is 0. The minimum Gasteiger partial charge on any atom is -0.310 e. The second-order valence-corrected chi connectivity index (χ2v) is 13.4. The Labute approximate surface area is 353 Å². The molecule has 0 fully saturated rings. The van der Waals surface area contributed by atoms with E-state index < -0.39 is 131 Å². The Balaban J connectivity index is 1.21. The van der Waals surface area contributed by atoms with Gasteiger partial charge in [0.2, 0.25) is 0 Å². The molecule has 10 aromatic rings. The van der Waals surface area contributed by atoms with E-state index in [1.54, 1.807) is 18.2 Å². The smallest absolute Gasteiger partial charge is 0.164 e. The molecule has 5 heteroatoms. The van der Waals surface area contributed by atoms with Gasteiger partial charge in [-0.3, -0.25) is 0 Å². The van der Waals surface area contributed by atoms with Gasteiger partial charge in [0.15, 0.2) is 17.5 Å². The lowest BCUT2D eigenvalue weighted by atomic mass is 9.99. The van der Waals surface area contributed by atoms with E-state index in [9.17, 15) is 4.11 Å². The third kappa shape index (κ3) is 6.40. The molecule has 4 nitrogen and oxygen atoms in total. The van der Waals surface area contributed by atoms with Crippen molar-refractivity contribution in [1.82, 2.24) is 15.0 Å². The van der Waals surface area contributed by atoms with Crippen LogP contribution in [-0.4, -0.2) is 15.0 Å². The number of para-hydroxylation sites is 1. The number of thiophene rings is 1. The van der Waals surface area contributed by atoms with Gasteiger partial charge in [-0.15, -0.1) is 11.3 Å². The Bertz CT molecular complexity index is 3820. The Kier molecular flexibility index (Phi) is 5.18. The Morgan fingerprint density at radius 3 is 1.68 bits per heavy atom. The predicted octanol–water partition coefficient (Wildman–Crippen LogP) is 14.0. The molecule has 0 aliphatic heterocycles. The number of nitrogens with zero attached hydrogens (tertiary/aromatic N) is 4. The number of benzene rings is 8. The van der Waals surface area contributed by atoms with E-state index in [1.807, 2.05) is 78.9 Å². The first-order valence-electron chi connectivity index (χ1n) is 25.8. The maximum atomic E-state index is 9.74. The molecule has 0 atom stereocenters. The van der Waals surface area contributed by atoms with Gasteiger partial charge in [0.25, 0.3) is 0 Å². The van der Waals surface area contributed by atoms with Crippen LogP contribution >= 0.6 is 11.3 Å². The van der Waals surface area contributed by atoms with E-state index in [1.165, 1.54) is 16.2 Å². The molecule has 0 saturated carbocycles. The van der Waals surface area contributed by atoms with E-state index in [-0.39, 0.29) is 11.4 Å². The van der Waals surface area contributed by atoms with E-state index in [2.05, 4.69) is 0 Å². The minimum atomic E-state index is -0.858. The van der Waals surface area contributed by atoms with Crippen molar-refractivity contribution in [2.24, 2.45) is 0 Å². The molecule has 2 aromatic heterocycles. The van der Waals surface area contributed by atoms with Gasteiger partial charge in [0, 0.05) is 53.9 Å². The van der Waals surface area contributed by atoms with Gasteiger partial charge in [0.1, 0.15) is 0 Å². The molecular weight excluding hydrogens is 701 g/mol. The van der Waals surface area contributed by atoms with Gasteiger partial charge in [-0.05, 0) is 64.6 Å². The van der Waals surface area contributed by atoms with Gasteiger partial charge in [-0.25, -0.2) is 15.0 Å². The van der Waals surface area contributed by atoms with Gasteiger partial charge in [-0.1, -0.05) is 163 Å². The van der Waals surface area contributed by atoms with Crippen molar-refractivity contribution in [2.75, 3.05) is 4.90 Å². The standard InChI is InChI=1S/C51H34N4S/c1-5-15-35(16-6-1)36-27-29-37(30-28-36)40-21-13-24-42(33-40)55(41-22-11-4-12-23-41)43-31-32-44-47(34-43)56-46-26-14-25-45(48(44)46)51-53-49(38-17-7-2-8-18-38)52-50(54-51)39-19-9-3-10-20-39/h1-34H/i1D,4D,5D,6D,11D,12D,13D,15D,16D,21D,22D,23D,27D,28D,29D,30D,33D. The predicted molar refractivity (Wildman–Crippen MR) is 235 cm³/mol. The lowest BCUT2D eigenvalue weighted by molar-refractivity contribution is 1.08. The van der Waals surface area contributed by atoms with E-state index in [0.29, 0.717) is 27.7 Å². The topological polar surface area (TPSA) is 41.9 Å². The van der Waals surface area contributed by atoms with Crippen molar-refractivity contribution in [3.05, 3.63) is 206 Å². The number of rotatable bonds is 8. The zero-order chi connectivity index (χ0) is 52.1. The quantitative estimate of drug-likeness (QED) is 0.155. The minimum absolute atomic E-state index is 0.143. The summed E-state index contributed by atoms with van der Waals surface area (Å²) in [6, 6.07) is 18.1. The van der Waals surface area contributed by atoms with Crippen molar-refractivity contribution in [3.8, 4) is 56.4 Å². The van der Waals surface area contributed by atoms with Crippen LogP contribution in [0, 0.1) is 0 Å². The van der Waals surface area contributed by atoms with Crippen molar-refractivity contribution >= 4 is 48.6 Å². The monoisotopic (exact) mass is 751 g/mol. The summed E-state index contributed by atoms with van der Waals surface area (Å²) in [5, 5.41) is 1.50. The fourth-order valence-electron chi connectivity index (χ4n) is 6.37. The van der Waals surface area contributed by atoms with Crippen LogP contribution in [0.4, 0.5) is 17.1 Å². The first kappa shape index (κ1) is 19.9. The molecule has 0 bridgehead atoms. The zero-order valence-corrected chi connectivity index (χ0v) is 29.8. The normalized spacial score (nSPS) is 15.5. The molecule has 2 heterocycles. The summed E-state index contributed by atoms with van der Waals surface area (Å²) in [6.45, 7) is 0. The molecular formula is C51H34N4S. The van der Waals surface area contributed by atoms with Crippen molar-refractivity contribution in [1.29, 1.82) is 0 Å². The van der Waals surface area contributed by atoms with Gasteiger partial charge in [-0.2, -0.15) is 0 Å². The molecule has 0 aliphatic carbocycles. The summed E-state index contributed by atoms with van der Waals surface area (Å²) in [5.74, 6) is 1.30. The van der Waals surface area contributed by atoms with Crippen molar-refractivity contribution < 1.29 is 23.3 Å². The average molecular weight is 752 g/mol. The molecule has 56 heavy (non-hydrogen) atoms. The molecule has 10 rings (SSSR count). The molecule has 0 spiro atoms. The number of fused-ring (bicyclic) bond motifs is 3. The summed E-state index contributed by atoms with van der Waals surface area (Å²) < 4.78 is 151. The number of anilines is 3. The van der Waals surface area contributed by atoms with Crippen LogP contribution < -0.4 is 4.90 Å². The van der Waals surface area contributed by atoms with Crippen molar-refractivity contribution in [2.45, 2.75) is 0 Å². The molecule has 8 aromatic carbocycles. The van der Waals surface area contributed by atoms with E-state index in [4.69, 9.17) is 34.1 Å². The second kappa shape index (κ2) is 14.6. The molecule has 0 radical (unpaired) electrons. The van der Waals surface area contributed by atoms with E-state index in [0.717, 1.165) is 32.7 Å². The summed E-state index contributed by atoms with van der Waals surface area (Å²) in [5.41, 5.74) is -0.827. The summed E-state index contributed by atoms with van der Waals surface area (Å²) in [7, 11) is 0. The average Bonchev–Trinajstić information content (AvgIpc) is 3.79. The highest BCUT2D eigenvalue weighted by atomic mass is 32.1. The van der Waals surface area contributed by atoms with Crippen molar-refractivity contribution in [3.63, 3.8) is 0 Å². The highest BCUT2D eigenvalue weighted by Gasteiger charge is 2.19. The SMILES string of the molecule is [2H]c1cc(N(c2ccc3c(c2)sc2cccc(-c4nc(-c5ccccc5)nc(-c5ccccc5)n4)c23)c2c([2H])c([2H])c([2H])c([2H])c2[2H])c([2H])c(-c2c([2H])c([2H])c(-c3c([2H])c([2H])c([2H])c([2H])c3[2H])c([2H])c2[2H])c1[2H]. The van der Waals surface area contributed by atoms with Gasteiger partial charge in [0.05, 0.1) is 23.3 Å². The Hall–Kier alpha value is -7.21. The fraction of sp³-hybridized carbons (Fsp3) is 0. The van der Waals surface area contributed by atoms with Crippen LogP contribution in [0.25, 0.3) is 76.6 Å². The van der Waals surface area contributed by atoms with Gasteiger partial charge < -0.3 is 4.90 Å². The lowest BCUT2D eigenvalue weighted by Crippen LogP contribution is -2.09. The second-order valence-electron chi connectivity index (χ2n) is 12.4. The number of aromatic nitrogens is 3. The van der Waals surface area contributed by atoms with Gasteiger partial charge >= 0.3 is 0 Å². The molecule has 0 N–H and O–H groups in total. The molecule has 0 saturated heterocycles. The van der Waals surface area contributed by atoms with Crippen LogP contribution in [0.15, 0.2) is 206 Å². The highest BCUT2D eigenvalue weighted by Crippen LogP contribution is 2.44. The first-order chi connectivity index (χ1) is 34.8. The molecule has 0 amide bonds.